The quantitative estimate of drug-likeness (QED) is 0.332. The molecule has 0 atom stereocenters. The second-order valence-electron chi connectivity index (χ2n) is 9.37. The summed E-state index contributed by atoms with van der Waals surface area (Å²) in [4.78, 5) is 26.1. The summed E-state index contributed by atoms with van der Waals surface area (Å²) in [5.74, 6) is -0.320. The van der Waals surface area contributed by atoms with Crippen molar-refractivity contribution in [1.82, 2.24) is 14.3 Å². The number of aromatic nitrogens is 3. The Morgan fingerprint density at radius 3 is 2.50 bits per heavy atom. The smallest absolute Gasteiger partial charge is 0.261 e. The number of carbonyl (C=O) groups is 1. The Bertz CT molecular complexity index is 1640. The van der Waals surface area contributed by atoms with Crippen LogP contribution in [0.2, 0.25) is 0 Å². The van der Waals surface area contributed by atoms with Gasteiger partial charge in [-0.15, -0.1) is 0 Å². The number of nitrogens with zero attached hydrogens (tertiary/aromatic N) is 3. The highest BCUT2D eigenvalue weighted by molar-refractivity contribution is 5.96. The summed E-state index contributed by atoms with van der Waals surface area (Å²) in [5, 5.41) is 22.8. The van der Waals surface area contributed by atoms with Crippen molar-refractivity contribution in [2.45, 2.75) is 26.0 Å². The second kappa shape index (κ2) is 8.98. The molecule has 0 aliphatic heterocycles. The van der Waals surface area contributed by atoms with Crippen molar-refractivity contribution >= 4 is 44.6 Å². The number of aryl methyl sites for hydroxylation is 1. The fourth-order valence-electron chi connectivity index (χ4n) is 4.27. The van der Waals surface area contributed by atoms with Crippen LogP contribution >= 0.6 is 0 Å². The van der Waals surface area contributed by atoms with Crippen molar-refractivity contribution < 1.29 is 9.90 Å². The third kappa shape index (κ3) is 4.58. The number of hydrogen-bond donors (Lipinski definition) is 3. The number of rotatable bonds is 6. The average molecular weight is 482 g/mol. The van der Waals surface area contributed by atoms with E-state index in [0.29, 0.717) is 16.8 Å². The lowest BCUT2D eigenvalue weighted by Gasteiger charge is -2.18. The van der Waals surface area contributed by atoms with E-state index < -0.39 is 5.60 Å². The van der Waals surface area contributed by atoms with Crippen LogP contribution in [0.25, 0.3) is 21.7 Å². The van der Waals surface area contributed by atoms with Gasteiger partial charge in [-0.3, -0.25) is 14.3 Å². The molecule has 0 saturated carbocycles. The molecule has 3 aromatic carbocycles. The van der Waals surface area contributed by atoms with E-state index in [2.05, 4.69) is 15.7 Å². The molecule has 8 nitrogen and oxygen atoms in total. The molecule has 5 aromatic rings. The van der Waals surface area contributed by atoms with Crippen LogP contribution in [0.15, 0.2) is 83.9 Å². The first-order chi connectivity index (χ1) is 17.2. The van der Waals surface area contributed by atoms with Gasteiger partial charge in [0.25, 0.3) is 5.56 Å². The molecular formula is C28H27N5O3. The van der Waals surface area contributed by atoms with Crippen molar-refractivity contribution in [2.24, 2.45) is 7.05 Å². The van der Waals surface area contributed by atoms with Crippen molar-refractivity contribution in [2.75, 3.05) is 10.6 Å². The van der Waals surface area contributed by atoms with E-state index in [1.807, 2.05) is 54.2 Å². The summed E-state index contributed by atoms with van der Waals surface area (Å²) in [6.45, 7) is 3.28. The van der Waals surface area contributed by atoms with E-state index in [-0.39, 0.29) is 18.0 Å². The zero-order chi connectivity index (χ0) is 25.4. The Morgan fingerprint density at radius 1 is 1.00 bits per heavy atom. The minimum absolute atomic E-state index is 0.127. The molecule has 0 spiro atoms. The maximum atomic E-state index is 13.4. The Kier molecular flexibility index (Phi) is 5.81. The maximum Gasteiger partial charge on any atom is 0.261 e. The van der Waals surface area contributed by atoms with E-state index >= 15 is 0 Å². The Balaban J connectivity index is 1.39. The molecule has 182 valence electrons. The lowest BCUT2D eigenvalue weighted by Crippen LogP contribution is -2.27. The SMILES string of the molecule is Cn1ncc2cc(Nc3cccc4ccn(CC(=O)Nc5ccc(C(C)(C)O)cc5)c(=O)c34)ccc21. The van der Waals surface area contributed by atoms with Crippen molar-refractivity contribution in [1.29, 1.82) is 0 Å². The minimum atomic E-state index is -0.962. The fraction of sp³-hybridized carbons (Fsp3) is 0.179. The topological polar surface area (TPSA) is 101 Å². The van der Waals surface area contributed by atoms with Crippen molar-refractivity contribution in [3.05, 3.63) is 95.0 Å². The normalized spacial score (nSPS) is 11.7. The predicted molar refractivity (Wildman–Crippen MR) is 143 cm³/mol. The van der Waals surface area contributed by atoms with Gasteiger partial charge in [0.05, 0.1) is 28.4 Å². The molecule has 36 heavy (non-hydrogen) atoms. The largest absolute Gasteiger partial charge is 0.386 e. The first-order valence-corrected chi connectivity index (χ1v) is 11.6. The first-order valence-electron chi connectivity index (χ1n) is 11.6. The van der Waals surface area contributed by atoms with Gasteiger partial charge in [-0.1, -0.05) is 24.3 Å². The summed E-state index contributed by atoms with van der Waals surface area (Å²) in [6, 6.07) is 20.3. The Labute approximate surface area is 207 Å². The standard InChI is InChI=1S/C28H27N5O3/c1-28(2,36)20-7-9-21(10-8-20)31-25(34)17-33-14-13-18-5-4-6-23(26(18)27(33)35)30-22-11-12-24-19(15-22)16-29-32(24)3/h4-16,30,36H,17H2,1-3H3,(H,31,34). The number of benzene rings is 3. The van der Waals surface area contributed by atoms with Gasteiger partial charge < -0.3 is 20.3 Å². The van der Waals surface area contributed by atoms with E-state index in [1.54, 1.807) is 50.5 Å². The second-order valence-corrected chi connectivity index (χ2v) is 9.37. The van der Waals surface area contributed by atoms with Gasteiger partial charge in [0.1, 0.15) is 6.54 Å². The molecule has 2 aromatic heterocycles. The Morgan fingerprint density at radius 2 is 1.75 bits per heavy atom. The van der Waals surface area contributed by atoms with Crippen LogP contribution in [0.4, 0.5) is 17.1 Å². The number of carbonyl (C=O) groups excluding carboxylic acids is 1. The highest BCUT2D eigenvalue weighted by atomic mass is 16.3. The molecule has 8 heteroatoms. The molecule has 1 amide bonds. The molecule has 0 saturated heterocycles. The molecule has 3 N–H and O–H groups in total. The summed E-state index contributed by atoms with van der Waals surface area (Å²) in [5.41, 5.74) is 2.63. The van der Waals surface area contributed by atoms with Crippen molar-refractivity contribution in [3.8, 4) is 0 Å². The molecule has 2 heterocycles. The molecule has 0 radical (unpaired) electrons. The molecular weight excluding hydrogens is 454 g/mol. The van der Waals surface area contributed by atoms with Gasteiger partial charge in [-0.2, -0.15) is 5.10 Å². The highest BCUT2D eigenvalue weighted by Gasteiger charge is 2.16. The number of fused-ring (bicyclic) bond motifs is 2. The lowest BCUT2D eigenvalue weighted by atomic mass is 9.98. The van der Waals surface area contributed by atoms with Crippen LogP contribution in [0.3, 0.4) is 0 Å². The first kappa shape index (κ1) is 23.3. The summed E-state index contributed by atoms with van der Waals surface area (Å²) < 4.78 is 3.21. The number of amides is 1. The van der Waals surface area contributed by atoms with E-state index in [4.69, 9.17) is 0 Å². The number of hydrogen-bond acceptors (Lipinski definition) is 5. The van der Waals surface area contributed by atoms with Gasteiger partial charge >= 0.3 is 0 Å². The number of pyridine rings is 1. The van der Waals surface area contributed by atoms with E-state index in [1.165, 1.54) is 4.57 Å². The molecule has 0 bridgehead atoms. The molecule has 5 rings (SSSR count). The summed E-state index contributed by atoms with van der Waals surface area (Å²) >= 11 is 0. The fourth-order valence-corrected chi connectivity index (χ4v) is 4.27. The number of aliphatic hydroxyl groups is 1. The van der Waals surface area contributed by atoms with Gasteiger partial charge in [0.2, 0.25) is 5.91 Å². The van der Waals surface area contributed by atoms with Gasteiger partial charge in [0.15, 0.2) is 0 Å². The third-order valence-electron chi connectivity index (χ3n) is 6.22. The van der Waals surface area contributed by atoms with E-state index in [9.17, 15) is 14.7 Å². The third-order valence-corrected chi connectivity index (χ3v) is 6.22. The van der Waals surface area contributed by atoms with Crippen LogP contribution in [0.1, 0.15) is 19.4 Å². The van der Waals surface area contributed by atoms with Crippen molar-refractivity contribution in [3.63, 3.8) is 0 Å². The van der Waals surface area contributed by atoms with Gasteiger partial charge in [-0.25, -0.2) is 0 Å². The lowest BCUT2D eigenvalue weighted by molar-refractivity contribution is -0.116. The molecule has 0 fully saturated rings. The zero-order valence-corrected chi connectivity index (χ0v) is 20.3. The summed E-state index contributed by atoms with van der Waals surface area (Å²) in [7, 11) is 1.89. The van der Waals surface area contributed by atoms with Crippen LogP contribution in [0.5, 0.6) is 0 Å². The van der Waals surface area contributed by atoms with Crippen LogP contribution in [0, 0.1) is 0 Å². The van der Waals surface area contributed by atoms with Crippen LogP contribution < -0.4 is 16.2 Å². The van der Waals surface area contributed by atoms with E-state index in [0.717, 1.165) is 27.5 Å². The van der Waals surface area contributed by atoms with Gasteiger partial charge in [-0.05, 0) is 67.3 Å². The molecule has 0 aliphatic rings. The summed E-state index contributed by atoms with van der Waals surface area (Å²) in [6.07, 6.45) is 3.43. The zero-order valence-electron chi connectivity index (χ0n) is 20.3. The monoisotopic (exact) mass is 481 g/mol. The molecule has 0 unspecified atom stereocenters. The minimum Gasteiger partial charge on any atom is -0.386 e. The van der Waals surface area contributed by atoms with Gasteiger partial charge in [0, 0.05) is 30.0 Å². The maximum absolute atomic E-state index is 13.4. The molecule has 0 aliphatic carbocycles. The van der Waals surface area contributed by atoms with Crippen LogP contribution in [-0.4, -0.2) is 25.4 Å². The average Bonchev–Trinajstić information content (AvgIpc) is 3.20. The predicted octanol–water partition coefficient (Wildman–Crippen LogP) is 4.50. The van der Waals surface area contributed by atoms with Crippen LogP contribution in [-0.2, 0) is 24.0 Å². The number of anilines is 3. The highest BCUT2D eigenvalue weighted by Crippen LogP contribution is 2.26. The Hall–Kier alpha value is -4.43. The number of nitrogens with one attached hydrogen (secondary N) is 2.